The van der Waals surface area contributed by atoms with E-state index in [2.05, 4.69) is 5.32 Å². The van der Waals surface area contributed by atoms with E-state index in [1.807, 2.05) is 0 Å². The first-order valence-corrected chi connectivity index (χ1v) is 8.51. The van der Waals surface area contributed by atoms with Gasteiger partial charge in [-0.15, -0.1) is 0 Å². The van der Waals surface area contributed by atoms with E-state index in [-0.39, 0.29) is 26.9 Å². The quantitative estimate of drug-likeness (QED) is 0.671. The highest BCUT2D eigenvalue weighted by atomic mass is 35.5. The second-order valence-electron chi connectivity index (χ2n) is 4.68. The number of nitro benzene ring substituents is 1. The van der Waals surface area contributed by atoms with E-state index in [4.69, 9.17) is 11.6 Å². The third-order valence-electron chi connectivity index (χ3n) is 2.93. The number of halogens is 1. The fourth-order valence-electron chi connectivity index (χ4n) is 1.79. The van der Waals surface area contributed by atoms with Crippen LogP contribution in [0.2, 0.25) is 5.02 Å². The van der Waals surface area contributed by atoms with Crippen LogP contribution in [-0.2, 0) is 9.84 Å². The maximum atomic E-state index is 12.2. The molecule has 7 nitrogen and oxygen atoms in total. The van der Waals surface area contributed by atoms with Crippen molar-refractivity contribution in [1.82, 2.24) is 0 Å². The first-order chi connectivity index (χ1) is 10.7. The van der Waals surface area contributed by atoms with Crippen molar-refractivity contribution < 1.29 is 18.1 Å². The second-order valence-corrected chi connectivity index (χ2v) is 7.10. The molecule has 23 heavy (non-hydrogen) atoms. The van der Waals surface area contributed by atoms with E-state index in [1.54, 1.807) is 0 Å². The number of carbonyl (C=O) groups excluding carboxylic acids is 1. The van der Waals surface area contributed by atoms with Gasteiger partial charge in [-0.2, -0.15) is 0 Å². The fraction of sp³-hybridized carbons (Fsp3) is 0.0714. The van der Waals surface area contributed by atoms with E-state index < -0.39 is 20.7 Å². The number of hydrogen-bond acceptors (Lipinski definition) is 5. The summed E-state index contributed by atoms with van der Waals surface area (Å²) in [7, 11) is -3.46. The van der Waals surface area contributed by atoms with Gasteiger partial charge in [0.25, 0.3) is 11.6 Å². The lowest BCUT2D eigenvalue weighted by Crippen LogP contribution is -2.13. The van der Waals surface area contributed by atoms with Crippen molar-refractivity contribution in [2.24, 2.45) is 0 Å². The first-order valence-electron chi connectivity index (χ1n) is 6.24. The van der Waals surface area contributed by atoms with Crippen molar-refractivity contribution in [3.05, 3.63) is 63.2 Å². The van der Waals surface area contributed by atoms with Crippen molar-refractivity contribution in [2.45, 2.75) is 4.90 Å². The number of amides is 1. The smallest absolute Gasteiger partial charge is 0.270 e. The van der Waals surface area contributed by atoms with Gasteiger partial charge in [0, 0.05) is 24.0 Å². The topological polar surface area (TPSA) is 106 Å². The monoisotopic (exact) mass is 354 g/mol. The number of sulfone groups is 1. The third-order valence-corrected chi connectivity index (χ3v) is 4.37. The summed E-state index contributed by atoms with van der Waals surface area (Å²) in [5.41, 5.74) is -0.0697. The van der Waals surface area contributed by atoms with E-state index >= 15 is 0 Å². The molecule has 0 spiro atoms. The van der Waals surface area contributed by atoms with Crippen LogP contribution in [0.4, 0.5) is 11.4 Å². The molecule has 2 rings (SSSR count). The Kier molecular flexibility index (Phi) is 4.67. The molecule has 0 saturated carbocycles. The normalized spacial score (nSPS) is 11.0. The van der Waals surface area contributed by atoms with E-state index in [9.17, 15) is 23.3 Å². The standard InChI is InChI=1S/C14H11ClN2O5S/c1-23(21,22)11-5-6-12(15)13(8-11)16-14(18)9-3-2-4-10(7-9)17(19)20/h2-8H,1H3,(H,16,18). The average Bonchev–Trinajstić information content (AvgIpc) is 2.48. The van der Waals surface area contributed by atoms with Gasteiger partial charge in [-0.3, -0.25) is 14.9 Å². The summed E-state index contributed by atoms with van der Waals surface area (Å²) < 4.78 is 23.1. The van der Waals surface area contributed by atoms with Crippen molar-refractivity contribution in [2.75, 3.05) is 11.6 Å². The zero-order valence-corrected chi connectivity index (χ0v) is 13.4. The zero-order chi connectivity index (χ0) is 17.2. The van der Waals surface area contributed by atoms with Crippen molar-refractivity contribution in [1.29, 1.82) is 0 Å². The Morgan fingerprint density at radius 1 is 1.22 bits per heavy atom. The van der Waals surface area contributed by atoms with Gasteiger partial charge in [0.1, 0.15) is 0 Å². The lowest BCUT2D eigenvalue weighted by Gasteiger charge is -2.09. The molecule has 1 N–H and O–H groups in total. The van der Waals surface area contributed by atoms with Crippen LogP contribution < -0.4 is 5.32 Å². The number of nitrogens with zero attached hydrogens (tertiary/aromatic N) is 1. The van der Waals surface area contributed by atoms with E-state index in [1.165, 1.54) is 36.4 Å². The molecule has 0 aliphatic heterocycles. The number of non-ortho nitro benzene ring substituents is 1. The van der Waals surface area contributed by atoms with Crippen LogP contribution in [0, 0.1) is 10.1 Å². The van der Waals surface area contributed by atoms with Crippen LogP contribution in [0.15, 0.2) is 47.4 Å². The molecule has 0 unspecified atom stereocenters. The largest absolute Gasteiger partial charge is 0.321 e. The second kappa shape index (κ2) is 6.35. The first kappa shape index (κ1) is 16.9. The highest BCUT2D eigenvalue weighted by molar-refractivity contribution is 7.90. The Balaban J connectivity index is 2.34. The highest BCUT2D eigenvalue weighted by Gasteiger charge is 2.15. The molecule has 0 saturated heterocycles. The van der Waals surface area contributed by atoms with Crippen molar-refractivity contribution in [3.63, 3.8) is 0 Å². The van der Waals surface area contributed by atoms with Crippen LogP contribution in [0.1, 0.15) is 10.4 Å². The molecule has 1 amide bonds. The molecule has 2 aromatic carbocycles. The number of carbonyl (C=O) groups is 1. The summed E-state index contributed by atoms with van der Waals surface area (Å²) in [6.45, 7) is 0. The molecular weight excluding hydrogens is 344 g/mol. The molecule has 0 radical (unpaired) electrons. The Morgan fingerprint density at radius 3 is 2.52 bits per heavy atom. The minimum absolute atomic E-state index is 0.00348. The Morgan fingerprint density at radius 2 is 1.91 bits per heavy atom. The third kappa shape index (κ3) is 4.05. The van der Waals surface area contributed by atoms with Crippen LogP contribution in [0.3, 0.4) is 0 Å². The number of benzene rings is 2. The SMILES string of the molecule is CS(=O)(=O)c1ccc(Cl)c(NC(=O)c2cccc([N+](=O)[O-])c2)c1. The Bertz CT molecular complexity index is 896. The van der Waals surface area contributed by atoms with Crippen LogP contribution in [0.25, 0.3) is 0 Å². The summed E-state index contributed by atoms with van der Waals surface area (Å²) >= 11 is 5.94. The predicted molar refractivity (Wildman–Crippen MR) is 85.6 cm³/mol. The fourth-order valence-corrected chi connectivity index (χ4v) is 2.60. The maximum absolute atomic E-state index is 12.2. The van der Waals surface area contributed by atoms with Gasteiger partial charge in [0.2, 0.25) is 0 Å². The summed E-state index contributed by atoms with van der Waals surface area (Å²) in [5, 5.41) is 13.3. The highest BCUT2D eigenvalue weighted by Crippen LogP contribution is 2.26. The summed E-state index contributed by atoms with van der Waals surface area (Å²) in [6.07, 6.45) is 1.03. The van der Waals surface area contributed by atoms with Gasteiger partial charge >= 0.3 is 0 Å². The van der Waals surface area contributed by atoms with Gasteiger partial charge < -0.3 is 5.32 Å². The van der Waals surface area contributed by atoms with Crippen molar-refractivity contribution >= 4 is 38.7 Å². The Labute approximate surface area is 137 Å². The van der Waals surface area contributed by atoms with E-state index in [0.29, 0.717) is 0 Å². The molecule has 9 heteroatoms. The van der Waals surface area contributed by atoms with Gasteiger partial charge in [-0.1, -0.05) is 17.7 Å². The number of nitro groups is 1. The molecule has 0 atom stereocenters. The number of hydrogen-bond donors (Lipinski definition) is 1. The van der Waals surface area contributed by atoms with Crippen LogP contribution >= 0.6 is 11.6 Å². The van der Waals surface area contributed by atoms with Gasteiger partial charge in [0.15, 0.2) is 9.84 Å². The molecule has 2 aromatic rings. The molecular formula is C14H11ClN2O5S. The molecule has 120 valence electrons. The Hall–Kier alpha value is -2.45. The number of rotatable bonds is 4. The number of nitrogens with one attached hydrogen (secondary N) is 1. The zero-order valence-electron chi connectivity index (χ0n) is 11.8. The average molecular weight is 355 g/mol. The predicted octanol–water partition coefficient (Wildman–Crippen LogP) is 2.90. The van der Waals surface area contributed by atoms with Crippen molar-refractivity contribution in [3.8, 4) is 0 Å². The van der Waals surface area contributed by atoms with Crippen LogP contribution in [-0.4, -0.2) is 25.5 Å². The van der Waals surface area contributed by atoms with E-state index in [0.717, 1.165) is 12.3 Å². The minimum atomic E-state index is -3.46. The van der Waals surface area contributed by atoms with Gasteiger partial charge in [0.05, 0.1) is 20.5 Å². The molecule has 0 aromatic heterocycles. The lowest BCUT2D eigenvalue weighted by molar-refractivity contribution is -0.384. The summed E-state index contributed by atoms with van der Waals surface area (Å²) in [5.74, 6) is -0.638. The van der Waals surface area contributed by atoms with Crippen LogP contribution in [0.5, 0.6) is 0 Å². The molecule has 0 heterocycles. The molecule has 0 aliphatic rings. The minimum Gasteiger partial charge on any atom is -0.321 e. The maximum Gasteiger partial charge on any atom is 0.270 e. The van der Waals surface area contributed by atoms with Gasteiger partial charge in [-0.25, -0.2) is 8.42 Å². The van der Waals surface area contributed by atoms with Gasteiger partial charge in [-0.05, 0) is 24.3 Å². The molecule has 0 fully saturated rings. The molecule has 0 bridgehead atoms. The lowest BCUT2D eigenvalue weighted by atomic mass is 10.2. The summed E-state index contributed by atoms with van der Waals surface area (Å²) in [4.78, 5) is 22.3. The number of anilines is 1. The molecule has 0 aliphatic carbocycles. The summed E-state index contributed by atoms with van der Waals surface area (Å²) in [6, 6.07) is 9.05.